The maximum atomic E-state index is 11.6. The summed E-state index contributed by atoms with van der Waals surface area (Å²) >= 11 is 5.59. The van der Waals surface area contributed by atoms with Gasteiger partial charge in [0.05, 0.1) is 5.92 Å². The summed E-state index contributed by atoms with van der Waals surface area (Å²) in [5, 5.41) is 2.55. The molecule has 0 aliphatic rings. The molecule has 0 aromatic heterocycles. The zero-order chi connectivity index (χ0) is 12.0. The topological polar surface area (TPSA) is 49.4 Å². The van der Waals surface area contributed by atoms with Crippen LogP contribution in [0.15, 0.2) is 0 Å². The Labute approximate surface area is 96.0 Å². The minimum Gasteiger partial charge on any atom is -0.359 e. The molecule has 0 rings (SSSR count). The number of nitrogens with one attached hydrogen (secondary N) is 1. The van der Waals surface area contributed by atoms with E-state index in [1.807, 2.05) is 0 Å². The second kappa shape index (κ2) is 6.67. The van der Waals surface area contributed by atoms with Gasteiger partial charge in [0, 0.05) is 32.4 Å². The first kappa shape index (κ1) is 14.2. The van der Waals surface area contributed by atoms with Gasteiger partial charge in [0.2, 0.25) is 11.8 Å². The molecule has 5 heteroatoms. The van der Waals surface area contributed by atoms with Crippen molar-refractivity contribution in [1.29, 1.82) is 0 Å². The molecule has 88 valence electrons. The quantitative estimate of drug-likeness (QED) is 0.712. The Morgan fingerprint density at radius 3 is 2.27 bits per heavy atom. The predicted octanol–water partition coefficient (Wildman–Crippen LogP) is 0.702. The summed E-state index contributed by atoms with van der Waals surface area (Å²) in [4.78, 5) is 24.4. The van der Waals surface area contributed by atoms with Crippen LogP contribution in [0, 0.1) is 11.8 Å². The smallest absolute Gasteiger partial charge is 0.226 e. The molecule has 2 unspecified atom stereocenters. The third-order valence-electron chi connectivity index (χ3n) is 2.27. The van der Waals surface area contributed by atoms with Crippen LogP contribution in [-0.4, -0.2) is 43.2 Å². The molecule has 0 aliphatic carbocycles. The standard InChI is InChI=1S/C10H19ClN2O2/c1-7(5-11)10(15)13(4)6-8(2)9(14)12-3/h7-8H,5-6H2,1-4H3,(H,12,14). The van der Waals surface area contributed by atoms with Crippen LogP contribution in [-0.2, 0) is 9.59 Å². The van der Waals surface area contributed by atoms with Crippen LogP contribution >= 0.6 is 11.6 Å². The number of alkyl halides is 1. The number of hydrogen-bond acceptors (Lipinski definition) is 2. The van der Waals surface area contributed by atoms with E-state index in [0.29, 0.717) is 12.4 Å². The van der Waals surface area contributed by atoms with Gasteiger partial charge in [0.25, 0.3) is 0 Å². The van der Waals surface area contributed by atoms with Crippen LogP contribution in [0.4, 0.5) is 0 Å². The Balaban J connectivity index is 4.18. The molecule has 0 heterocycles. The van der Waals surface area contributed by atoms with E-state index in [2.05, 4.69) is 5.32 Å². The Morgan fingerprint density at radius 1 is 1.33 bits per heavy atom. The average Bonchev–Trinajstić information content (AvgIpc) is 2.25. The van der Waals surface area contributed by atoms with E-state index in [1.54, 1.807) is 32.8 Å². The van der Waals surface area contributed by atoms with Crippen LogP contribution in [0.5, 0.6) is 0 Å². The van der Waals surface area contributed by atoms with Crippen molar-refractivity contribution in [3.8, 4) is 0 Å². The Hall–Kier alpha value is -0.770. The van der Waals surface area contributed by atoms with E-state index in [0.717, 1.165) is 0 Å². The van der Waals surface area contributed by atoms with Crippen molar-refractivity contribution >= 4 is 23.4 Å². The van der Waals surface area contributed by atoms with Gasteiger partial charge in [-0.15, -0.1) is 11.6 Å². The highest BCUT2D eigenvalue weighted by Crippen LogP contribution is 2.06. The first-order valence-corrected chi connectivity index (χ1v) is 5.50. The van der Waals surface area contributed by atoms with E-state index in [9.17, 15) is 9.59 Å². The van der Waals surface area contributed by atoms with Crippen LogP contribution in [0.3, 0.4) is 0 Å². The molecule has 0 fully saturated rings. The zero-order valence-electron chi connectivity index (χ0n) is 9.71. The van der Waals surface area contributed by atoms with Crippen molar-refractivity contribution in [2.45, 2.75) is 13.8 Å². The minimum atomic E-state index is -0.202. The highest BCUT2D eigenvalue weighted by atomic mass is 35.5. The molecule has 0 radical (unpaired) electrons. The molecular formula is C10H19ClN2O2. The molecule has 2 atom stereocenters. The van der Waals surface area contributed by atoms with Gasteiger partial charge in [0.15, 0.2) is 0 Å². The molecule has 0 bridgehead atoms. The predicted molar refractivity (Wildman–Crippen MR) is 60.8 cm³/mol. The molecule has 1 N–H and O–H groups in total. The van der Waals surface area contributed by atoms with E-state index >= 15 is 0 Å². The van der Waals surface area contributed by atoms with Gasteiger partial charge in [-0.1, -0.05) is 13.8 Å². The summed E-state index contributed by atoms with van der Waals surface area (Å²) in [7, 11) is 3.27. The lowest BCUT2D eigenvalue weighted by molar-refractivity contribution is -0.134. The Morgan fingerprint density at radius 2 is 1.87 bits per heavy atom. The normalized spacial score (nSPS) is 14.2. The lowest BCUT2D eigenvalue weighted by Gasteiger charge is -2.23. The van der Waals surface area contributed by atoms with Crippen molar-refractivity contribution < 1.29 is 9.59 Å². The third-order valence-corrected chi connectivity index (χ3v) is 2.73. The van der Waals surface area contributed by atoms with Gasteiger partial charge < -0.3 is 10.2 Å². The Kier molecular flexibility index (Phi) is 6.32. The van der Waals surface area contributed by atoms with Crippen LogP contribution in [0.1, 0.15) is 13.8 Å². The molecule has 15 heavy (non-hydrogen) atoms. The molecule has 0 saturated heterocycles. The Bertz CT molecular complexity index is 233. The highest BCUT2D eigenvalue weighted by Gasteiger charge is 2.20. The molecule has 0 aromatic rings. The van der Waals surface area contributed by atoms with E-state index < -0.39 is 0 Å². The molecule has 0 aliphatic heterocycles. The van der Waals surface area contributed by atoms with Crippen molar-refractivity contribution in [2.75, 3.05) is 26.5 Å². The lowest BCUT2D eigenvalue weighted by atomic mass is 10.1. The third kappa shape index (κ3) is 4.51. The molecule has 4 nitrogen and oxygen atoms in total. The number of halogens is 1. The summed E-state index contributed by atoms with van der Waals surface area (Å²) in [6, 6.07) is 0. The SMILES string of the molecule is CNC(=O)C(C)CN(C)C(=O)C(C)CCl. The molecule has 2 amide bonds. The number of nitrogens with zero attached hydrogens (tertiary/aromatic N) is 1. The number of carbonyl (C=O) groups is 2. The maximum absolute atomic E-state index is 11.6. The summed E-state index contributed by atoms with van der Waals surface area (Å²) in [5.74, 6) is -0.189. The number of hydrogen-bond donors (Lipinski definition) is 1. The van der Waals surface area contributed by atoms with Crippen LogP contribution in [0.25, 0.3) is 0 Å². The summed E-state index contributed by atoms with van der Waals surface area (Å²) in [6.07, 6.45) is 0. The number of rotatable bonds is 5. The monoisotopic (exact) mass is 234 g/mol. The van der Waals surface area contributed by atoms with E-state index in [1.165, 1.54) is 0 Å². The summed E-state index contributed by atoms with van der Waals surface area (Å²) in [5.41, 5.74) is 0. The van der Waals surface area contributed by atoms with Crippen molar-refractivity contribution in [3.05, 3.63) is 0 Å². The van der Waals surface area contributed by atoms with Gasteiger partial charge in [-0.3, -0.25) is 9.59 Å². The fourth-order valence-electron chi connectivity index (χ4n) is 1.27. The van der Waals surface area contributed by atoms with Gasteiger partial charge in [-0.2, -0.15) is 0 Å². The largest absolute Gasteiger partial charge is 0.359 e. The molecule has 0 saturated carbocycles. The molecular weight excluding hydrogens is 216 g/mol. The first-order valence-electron chi connectivity index (χ1n) is 4.96. The molecule has 0 spiro atoms. The molecule has 0 aromatic carbocycles. The average molecular weight is 235 g/mol. The number of carbonyl (C=O) groups excluding carboxylic acids is 2. The van der Waals surface area contributed by atoms with Crippen molar-refractivity contribution in [3.63, 3.8) is 0 Å². The zero-order valence-corrected chi connectivity index (χ0v) is 10.5. The lowest BCUT2D eigenvalue weighted by Crippen LogP contribution is -2.39. The maximum Gasteiger partial charge on any atom is 0.226 e. The fraction of sp³-hybridized carbons (Fsp3) is 0.800. The van der Waals surface area contributed by atoms with E-state index in [4.69, 9.17) is 11.6 Å². The van der Waals surface area contributed by atoms with Crippen molar-refractivity contribution in [1.82, 2.24) is 10.2 Å². The highest BCUT2D eigenvalue weighted by molar-refractivity contribution is 6.19. The summed E-state index contributed by atoms with van der Waals surface area (Å²) in [6.45, 7) is 3.98. The van der Waals surface area contributed by atoms with Crippen LogP contribution < -0.4 is 5.32 Å². The second-order valence-electron chi connectivity index (χ2n) is 3.79. The second-order valence-corrected chi connectivity index (χ2v) is 4.10. The van der Waals surface area contributed by atoms with Crippen LogP contribution in [0.2, 0.25) is 0 Å². The van der Waals surface area contributed by atoms with E-state index in [-0.39, 0.29) is 23.7 Å². The van der Waals surface area contributed by atoms with Crippen molar-refractivity contribution in [2.24, 2.45) is 11.8 Å². The van der Waals surface area contributed by atoms with Gasteiger partial charge in [-0.05, 0) is 0 Å². The van der Waals surface area contributed by atoms with Gasteiger partial charge in [-0.25, -0.2) is 0 Å². The minimum absolute atomic E-state index is 0.0271. The summed E-state index contributed by atoms with van der Waals surface area (Å²) < 4.78 is 0. The van der Waals surface area contributed by atoms with Gasteiger partial charge in [0.1, 0.15) is 0 Å². The first-order chi connectivity index (χ1) is 6.93. The van der Waals surface area contributed by atoms with Gasteiger partial charge >= 0.3 is 0 Å². The fourth-order valence-corrected chi connectivity index (χ4v) is 1.40. The number of amides is 2.